The van der Waals surface area contributed by atoms with Crippen molar-refractivity contribution >= 4 is 29.2 Å². The molecule has 2 aromatic rings. The molecule has 0 radical (unpaired) electrons. The first-order valence-corrected chi connectivity index (χ1v) is 7.01. The van der Waals surface area contributed by atoms with Gasteiger partial charge in [-0.25, -0.2) is 4.79 Å². The van der Waals surface area contributed by atoms with Gasteiger partial charge < -0.3 is 9.84 Å². The molecule has 0 aliphatic carbocycles. The number of methoxy groups -OCH3 is 1. The van der Waals surface area contributed by atoms with Crippen LogP contribution in [0.15, 0.2) is 60.7 Å². The Balaban J connectivity index is 2.31. The number of benzene rings is 2. The maximum Gasteiger partial charge on any atom is 0.336 e. The highest BCUT2D eigenvalue weighted by atomic mass is 35.5. The van der Waals surface area contributed by atoms with Crippen LogP contribution in [0.2, 0.25) is 5.02 Å². The number of rotatable bonds is 5. The molecular weight excluding hydrogens is 300 g/mol. The molecule has 22 heavy (non-hydrogen) atoms. The van der Waals surface area contributed by atoms with Crippen LogP contribution in [-0.4, -0.2) is 18.2 Å². The minimum Gasteiger partial charge on any atom is -0.495 e. The molecule has 112 valence electrons. The Hall–Kier alpha value is -2.52. The van der Waals surface area contributed by atoms with E-state index in [0.717, 1.165) is 5.56 Å². The van der Waals surface area contributed by atoms with Crippen molar-refractivity contribution in [1.82, 2.24) is 0 Å². The van der Waals surface area contributed by atoms with E-state index in [-0.39, 0.29) is 5.57 Å². The summed E-state index contributed by atoms with van der Waals surface area (Å²) in [4.78, 5) is 11.4. The molecule has 2 aromatic carbocycles. The molecule has 0 saturated carbocycles. The third-order valence-corrected chi connectivity index (χ3v) is 3.47. The van der Waals surface area contributed by atoms with Crippen LogP contribution in [0.1, 0.15) is 11.1 Å². The van der Waals surface area contributed by atoms with Crippen LogP contribution in [0, 0.1) is 0 Å². The molecule has 0 aliphatic rings. The zero-order chi connectivity index (χ0) is 15.9. The number of carboxylic acids is 1. The summed E-state index contributed by atoms with van der Waals surface area (Å²) in [5.74, 6) is -0.401. The zero-order valence-electron chi connectivity index (χ0n) is 12.0. The molecule has 0 spiro atoms. The lowest BCUT2D eigenvalue weighted by molar-refractivity contribution is -0.130. The van der Waals surface area contributed by atoms with E-state index in [2.05, 4.69) is 0 Å². The molecule has 0 bridgehead atoms. The summed E-state index contributed by atoms with van der Waals surface area (Å²) >= 11 is 6.19. The van der Waals surface area contributed by atoms with Gasteiger partial charge in [-0.05, 0) is 23.3 Å². The lowest BCUT2D eigenvalue weighted by atomic mass is 10.1. The van der Waals surface area contributed by atoms with E-state index >= 15 is 0 Å². The molecular formula is C18H15ClO3. The standard InChI is InChI=1S/C18H15ClO3/c1-22-16-12-6-10-14(17(16)19)9-5-11-15(18(20)21)13-7-3-2-4-8-13/h2-12H,1H3,(H,20,21)/b9-5+,15-11?. The highest BCUT2D eigenvalue weighted by Gasteiger charge is 2.08. The predicted octanol–water partition coefficient (Wildman–Crippen LogP) is 4.53. The summed E-state index contributed by atoms with van der Waals surface area (Å²) in [7, 11) is 1.55. The van der Waals surface area contributed by atoms with Gasteiger partial charge in [0.2, 0.25) is 0 Å². The molecule has 2 rings (SSSR count). The van der Waals surface area contributed by atoms with Gasteiger partial charge in [0.1, 0.15) is 5.75 Å². The summed E-state index contributed by atoms with van der Waals surface area (Å²) in [5.41, 5.74) is 1.63. The predicted molar refractivity (Wildman–Crippen MR) is 89.1 cm³/mol. The molecule has 4 heteroatoms. The van der Waals surface area contributed by atoms with Crippen molar-refractivity contribution in [3.05, 3.63) is 76.8 Å². The van der Waals surface area contributed by atoms with Crippen molar-refractivity contribution in [2.75, 3.05) is 7.11 Å². The van der Waals surface area contributed by atoms with Gasteiger partial charge in [-0.1, -0.05) is 66.2 Å². The molecule has 3 nitrogen and oxygen atoms in total. The third kappa shape index (κ3) is 3.77. The van der Waals surface area contributed by atoms with Gasteiger partial charge in [0.05, 0.1) is 17.7 Å². The fraction of sp³-hybridized carbons (Fsp3) is 0.0556. The number of ether oxygens (including phenoxy) is 1. The van der Waals surface area contributed by atoms with E-state index in [1.165, 1.54) is 0 Å². The fourth-order valence-electron chi connectivity index (χ4n) is 1.97. The molecule has 0 fully saturated rings. The second-order valence-corrected chi connectivity index (χ2v) is 4.85. The second-order valence-electron chi connectivity index (χ2n) is 4.47. The number of aliphatic carboxylic acids is 1. The van der Waals surface area contributed by atoms with Gasteiger partial charge in [0.25, 0.3) is 0 Å². The number of carbonyl (C=O) groups is 1. The van der Waals surface area contributed by atoms with Crippen molar-refractivity contribution < 1.29 is 14.6 Å². The molecule has 0 heterocycles. The smallest absolute Gasteiger partial charge is 0.336 e. The zero-order valence-corrected chi connectivity index (χ0v) is 12.7. The monoisotopic (exact) mass is 314 g/mol. The molecule has 0 saturated heterocycles. The van der Waals surface area contributed by atoms with Crippen LogP contribution >= 0.6 is 11.6 Å². The summed E-state index contributed by atoms with van der Waals surface area (Å²) in [6.07, 6.45) is 4.96. The van der Waals surface area contributed by atoms with Crippen LogP contribution in [0.3, 0.4) is 0 Å². The average Bonchev–Trinajstić information content (AvgIpc) is 2.53. The SMILES string of the molecule is COc1cccc(/C=C/C=C(C(=O)O)c2ccccc2)c1Cl. The first kappa shape index (κ1) is 15.9. The van der Waals surface area contributed by atoms with E-state index in [1.54, 1.807) is 55.7 Å². The molecule has 1 N–H and O–H groups in total. The Morgan fingerprint density at radius 1 is 1.14 bits per heavy atom. The van der Waals surface area contributed by atoms with Crippen LogP contribution in [0.4, 0.5) is 0 Å². The Kier molecular flexibility index (Phi) is 5.39. The molecule has 0 aromatic heterocycles. The van der Waals surface area contributed by atoms with E-state index in [1.807, 2.05) is 18.2 Å². The topological polar surface area (TPSA) is 46.5 Å². The number of hydrogen-bond acceptors (Lipinski definition) is 2. The second kappa shape index (κ2) is 7.48. The normalized spacial score (nSPS) is 11.6. The Morgan fingerprint density at radius 2 is 1.86 bits per heavy atom. The number of halogens is 1. The number of carboxylic acid groups (broad SMARTS) is 1. The maximum atomic E-state index is 11.4. The van der Waals surface area contributed by atoms with Gasteiger partial charge >= 0.3 is 5.97 Å². The van der Waals surface area contributed by atoms with Crippen LogP contribution in [-0.2, 0) is 4.79 Å². The summed E-state index contributed by atoms with van der Waals surface area (Å²) in [6, 6.07) is 14.4. The minimum absolute atomic E-state index is 0.218. The van der Waals surface area contributed by atoms with Crippen molar-refractivity contribution in [3.63, 3.8) is 0 Å². The summed E-state index contributed by atoms with van der Waals surface area (Å²) < 4.78 is 5.15. The number of allylic oxidation sites excluding steroid dienone is 2. The minimum atomic E-state index is -0.979. The van der Waals surface area contributed by atoms with Crippen LogP contribution in [0.5, 0.6) is 5.75 Å². The first-order valence-electron chi connectivity index (χ1n) is 6.63. The molecule has 0 aliphatic heterocycles. The molecule has 0 atom stereocenters. The van der Waals surface area contributed by atoms with E-state index in [4.69, 9.17) is 16.3 Å². The van der Waals surface area contributed by atoms with Crippen LogP contribution in [0.25, 0.3) is 11.6 Å². The average molecular weight is 315 g/mol. The highest BCUT2D eigenvalue weighted by molar-refractivity contribution is 6.33. The Morgan fingerprint density at radius 3 is 2.50 bits per heavy atom. The van der Waals surface area contributed by atoms with Gasteiger partial charge in [-0.15, -0.1) is 0 Å². The van der Waals surface area contributed by atoms with Gasteiger partial charge in [0, 0.05) is 0 Å². The Bertz CT molecular complexity index is 718. The van der Waals surface area contributed by atoms with Gasteiger partial charge in [-0.2, -0.15) is 0 Å². The van der Waals surface area contributed by atoms with Gasteiger partial charge in [0.15, 0.2) is 0 Å². The summed E-state index contributed by atoms with van der Waals surface area (Å²) in [6.45, 7) is 0. The lowest BCUT2D eigenvalue weighted by Gasteiger charge is -2.04. The maximum absolute atomic E-state index is 11.4. The van der Waals surface area contributed by atoms with E-state index in [0.29, 0.717) is 16.3 Å². The quantitative estimate of drug-likeness (QED) is 0.651. The fourth-order valence-corrected chi connectivity index (χ4v) is 2.24. The summed E-state index contributed by atoms with van der Waals surface area (Å²) in [5, 5.41) is 9.80. The van der Waals surface area contributed by atoms with Gasteiger partial charge in [-0.3, -0.25) is 0 Å². The Labute approximate surface area is 134 Å². The highest BCUT2D eigenvalue weighted by Crippen LogP contribution is 2.28. The van der Waals surface area contributed by atoms with Crippen molar-refractivity contribution in [3.8, 4) is 5.75 Å². The van der Waals surface area contributed by atoms with Crippen LogP contribution < -0.4 is 4.74 Å². The third-order valence-electron chi connectivity index (χ3n) is 3.07. The van der Waals surface area contributed by atoms with E-state index < -0.39 is 5.97 Å². The van der Waals surface area contributed by atoms with Crippen molar-refractivity contribution in [2.45, 2.75) is 0 Å². The molecule has 0 unspecified atom stereocenters. The van der Waals surface area contributed by atoms with E-state index in [9.17, 15) is 9.90 Å². The van der Waals surface area contributed by atoms with Crippen molar-refractivity contribution in [2.24, 2.45) is 0 Å². The lowest BCUT2D eigenvalue weighted by Crippen LogP contribution is -1.98. The van der Waals surface area contributed by atoms with Crippen molar-refractivity contribution in [1.29, 1.82) is 0 Å². The largest absolute Gasteiger partial charge is 0.495 e. The number of hydrogen-bond donors (Lipinski definition) is 1. The molecule has 0 amide bonds. The first-order chi connectivity index (χ1) is 10.6.